The van der Waals surface area contributed by atoms with Crippen molar-refractivity contribution in [1.29, 1.82) is 0 Å². The molecule has 1 saturated carbocycles. The molecule has 1 aromatic carbocycles. The summed E-state index contributed by atoms with van der Waals surface area (Å²) in [6, 6.07) is 13.0. The van der Waals surface area contributed by atoms with E-state index in [1.54, 1.807) is 0 Å². The minimum Gasteiger partial charge on any atom is -0.356 e. The van der Waals surface area contributed by atoms with Crippen molar-refractivity contribution in [3.05, 3.63) is 53.9 Å². The van der Waals surface area contributed by atoms with Crippen LogP contribution in [0.25, 0.3) is 0 Å². The first kappa shape index (κ1) is 20.7. The highest BCUT2D eigenvalue weighted by molar-refractivity contribution is 14.0. The molecule has 1 aliphatic rings. The van der Waals surface area contributed by atoms with Gasteiger partial charge in [-0.25, -0.2) is 0 Å². The van der Waals surface area contributed by atoms with Crippen molar-refractivity contribution in [3.63, 3.8) is 0 Å². The molecule has 1 fully saturated rings. The maximum absolute atomic E-state index is 4.33. The fraction of sp³-hybridized carbons (Fsp3) is 0.500. The van der Waals surface area contributed by atoms with E-state index in [2.05, 4.69) is 51.1 Å². The van der Waals surface area contributed by atoms with Crippen LogP contribution < -0.4 is 10.6 Å². The first-order valence-electron chi connectivity index (χ1n) is 9.22. The van der Waals surface area contributed by atoms with Crippen LogP contribution in [0.5, 0.6) is 0 Å². The number of nitrogens with one attached hydrogen (secondary N) is 2. The monoisotopic (exact) mass is 467 g/mol. The van der Waals surface area contributed by atoms with Gasteiger partial charge in [-0.3, -0.25) is 9.67 Å². The molecule has 0 radical (unpaired) electrons. The van der Waals surface area contributed by atoms with E-state index in [1.165, 1.54) is 31.2 Å². The molecule has 6 heteroatoms. The lowest BCUT2D eigenvalue weighted by molar-refractivity contribution is 0.324. The molecule has 3 rings (SSSR count). The lowest BCUT2D eigenvalue weighted by Crippen LogP contribution is -2.40. The van der Waals surface area contributed by atoms with Crippen molar-refractivity contribution in [2.75, 3.05) is 13.6 Å². The second-order valence-corrected chi connectivity index (χ2v) is 6.88. The zero-order chi connectivity index (χ0) is 17.5. The van der Waals surface area contributed by atoms with E-state index in [1.807, 2.05) is 31.0 Å². The summed E-state index contributed by atoms with van der Waals surface area (Å²) in [5.41, 5.74) is 2.65. The Kier molecular flexibility index (Phi) is 8.41. The quantitative estimate of drug-likeness (QED) is 0.401. The molecule has 0 amide bonds. The van der Waals surface area contributed by atoms with Gasteiger partial charge in [-0.15, -0.1) is 24.0 Å². The predicted octanol–water partition coefficient (Wildman–Crippen LogP) is 3.68. The highest BCUT2D eigenvalue weighted by Crippen LogP contribution is 2.35. The fourth-order valence-corrected chi connectivity index (χ4v) is 3.64. The summed E-state index contributed by atoms with van der Waals surface area (Å²) >= 11 is 0. The SMILES string of the molecule is CN=C(NCc1ccnn1C)NCC1CCC(c2ccccc2)CC1.I. The van der Waals surface area contributed by atoms with E-state index in [0.717, 1.165) is 36.6 Å². The Morgan fingerprint density at radius 1 is 1.12 bits per heavy atom. The summed E-state index contributed by atoms with van der Waals surface area (Å²) in [6.45, 7) is 1.73. The third kappa shape index (κ3) is 5.72. The van der Waals surface area contributed by atoms with E-state index in [0.29, 0.717) is 0 Å². The average molecular weight is 467 g/mol. The maximum Gasteiger partial charge on any atom is 0.191 e. The smallest absolute Gasteiger partial charge is 0.191 e. The molecular weight excluding hydrogens is 437 g/mol. The van der Waals surface area contributed by atoms with Crippen LogP contribution in [0.4, 0.5) is 0 Å². The predicted molar refractivity (Wildman–Crippen MR) is 118 cm³/mol. The van der Waals surface area contributed by atoms with Crippen LogP contribution in [0.3, 0.4) is 0 Å². The Morgan fingerprint density at radius 2 is 1.85 bits per heavy atom. The first-order chi connectivity index (χ1) is 12.3. The standard InChI is InChI=1S/C20H29N5.HI/c1-21-20(23-15-19-12-13-24-25(19)2)22-14-16-8-10-18(11-9-16)17-6-4-3-5-7-17;/h3-7,12-13,16,18H,8-11,14-15H2,1-2H3,(H2,21,22,23);1H. The van der Waals surface area contributed by atoms with Crippen LogP contribution in [-0.4, -0.2) is 29.3 Å². The van der Waals surface area contributed by atoms with Crippen LogP contribution in [0.15, 0.2) is 47.6 Å². The summed E-state index contributed by atoms with van der Waals surface area (Å²) in [5, 5.41) is 11.0. The second-order valence-electron chi connectivity index (χ2n) is 6.88. The molecule has 2 aromatic rings. The molecule has 0 spiro atoms. The molecule has 0 atom stereocenters. The molecule has 5 nitrogen and oxygen atoms in total. The Morgan fingerprint density at radius 3 is 2.46 bits per heavy atom. The highest BCUT2D eigenvalue weighted by Gasteiger charge is 2.22. The summed E-state index contributed by atoms with van der Waals surface area (Å²) in [7, 11) is 3.78. The van der Waals surface area contributed by atoms with Gasteiger partial charge in [0.15, 0.2) is 5.96 Å². The van der Waals surface area contributed by atoms with Crippen LogP contribution in [0.2, 0.25) is 0 Å². The maximum atomic E-state index is 4.33. The normalized spacial score (nSPS) is 20.3. The Hall–Kier alpha value is -1.57. The number of rotatable bonds is 5. The van der Waals surface area contributed by atoms with Gasteiger partial charge in [0.25, 0.3) is 0 Å². The summed E-state index contributed by atoms with van der Waals surface area (Å²) in [6.07, 6.45) is 6.96. The van der Waals surface area contributed by atoms with Gasteiger partial charge in [0.1, 0.15) is 0 Å². The van der Waals surface area contributed by atoms with Gasteiger partial charge in [0, 0.05) is 26.8 Å². The van der Waals surface area contributed by atoms with E-state index in [-0.39, 0.29) is 24.0 Å². The number of aromatic nitrogens is 2. The number of benzene rings is 1. The van der Waals surface area contributed by atoms with Gasteiger partial charge in [0.2, 0.25) is 0 Å². The molecule has 0 bridgehead atoms. The summed E-state index contributed by atoms with van der Waals surface area (Å²) in [4.78, 5) is 4.33. The summed E-state index contributed by atoms with van der Waals surface area (Å²) in [5.74, 6) is 2.33. The average Bonchev–Trinajstić information content (AvgIpc) is 3.08. The van der Waals surface area contributed by atoms with E-state index in [4.69, 9.17) is 0 Å². The van der Waals surface area contributed by atoms with Crippen LogP contribution >= 0.6 is 24.0 Å². The van der Waals surface area contributed by atoms with Crippen molar-refractivity contribution in [3.8, 4) is 0 Å². The highest BCUT2D eigenvalue weighted by atomic mass is 127. The number of halogens is 1. The number of aryl methyl sites for hydroxylation is 1. The zero-order valence-electron chi connectivity index (χ0n) is 15.7. The third-order valence-electron chi connectivity index (χ3n) is 5.26. The molecule has 142 valence electrons. The van der Waals surface area contributed by atoms with Crippen molar-refractivity contribution in [2.45, 2.75) is 38.1 Å². The number of aliphatic imine (C=N–C) groups is 1. The van der Waals surface area contributed by atoms with Crippen molar-refractivity contribution >= 4 is 29.9 Å². The zero-order valence-corrected chi connectivity index (χ0v) is 18.0. The number of hydrogen-bond acceptors (Lipinski definition) is 2. The van der Waals surface area contributed by atoms with Gasteiger partial charge in [-0.1, -0.05) is 30.3 Å². The number of hydrogen-bond donors (Lipinski definition) is 2. The van der Waals surface area contributed by atoms with Crippen molar-refractivity contribution < 1.29 is 0 Å². The number of nitrogens with zero attached hydrogens (tertiary/aromatic N) is 3. The topological polar surface area (TPSA) is 54.2 Å². The van der Waals surface area contributed by atoms with Gasteiger partial charge in [-0.05, 0) is 49.1 Å². The van der Waals surface area contributed by atoms with E-state index < -0.39 is 0 Å². The van der Waals surface area contributed by atoms with Gasteiger partial charge < -0.3 is 10.6 Å². The minimum atomic E-state index is 0. The molecule has 1 heterocycles. The Balaban J connectivity index is 0.00000243. The van der Waals surface area contributed by atoms with Gasteiger partial charge in [-0.2, -0.15) is 5.10 Å². The molecule has 1 aromatic heterocycles. The molecule has 2 N–H and O–H groups in total. The molecule has 26 heavy (non-hydrogen) atoms. The lowest BCUT2D eigenvalue weighted by Gasteiger charge is -2.29. The minimum absolute atomic E-state index is 0. The first-order valence-corrected chi connectivity index (χ1v) is 9.22. The lowest BCUT2D eigenvalue weighted by atomic mass is 9.79. The second kappa shape index (κ2) is 10.5. The van der Waals surface area contributed by atoms with Crippen LogP contribution in [0.1, 0.15) is 42.9 Å². The third-order valence-corrected chi connectivity index (χ3v) is 5.26. The van der Waals surface area contributed by atoms with Crippen molar-refractivity contribution in [1.82, 2.24) is 20.4 Å². The largest absolute Gasteiger partial charge is 0.356 e. The fourth-order valence-electron chi connectivity index (χ4n) is 3.64. The Labute approximate surface area is 173 Å². The molecule has 1 aliphatic carbocycles. The van der Waals surface area contributed by atoms with E-state index >= 15 is 0 Å². The van der Waals surface area contributed by atoms with Crippen molar-refractivity contribution in [2.24, 2.45) is 18.0 Å². The molecular formula is C20H30IN5. The number of guanidine groups is 1. The van der Waals surface area contributed by atoms with Gasteiger partial charge in [0.05, 0.1) is 12.2 Å². The van der Waals surface area contributed by atoms with Crippen LogP contribution in [-0.2, 0) is 13.6 Å². The molecule has 0 saturated heterocycles. The molecule has 0 aliphatic heterocycles. The molecule has 0 unspecified atom stereocenters. The van der Waals surface area contributed by atoms with E-state index in [9.17, 15) is 0 Å². The summed E-state index contributed by atoms with van der Waals surface area (Å²) < 4.78 is 1.88. The van der Waals surface area contributed by atoms with Gasteiger partial charge >= 0.3 is 0 Å². The van der Waals surface area contributed by atoms with Crippen LogP contribution in [0, 0.1) is 5.92 Å². The Bertz CT molecular complexity index is 675.